The summed E-state index contributed by atoms with van der Waals surface area (Å²) in [5.41, 5.74) is 0.547. The molecular formula is C24H31FN6O4. The number of amides is 1. The predicted molar refractivity (Wildman–Crippen MR) is 128 cm³/mol. The molecule has 11 heteroatoms. The number of hydrogen-bond acceptors (Lipinski definition) is 8. The van der Waals surface area contributed by atoms with Crippen LogP contribution in [0.2, 0.25) is 0 Å². The minimum Gasteiger partial charge on any atom is -0.475 e. The van der Waals surface area contributed by atoms with Gasteiger partial charge in [0.1, 0.15) is 35.2 Å². The van der Waals surface area contributed by atoms with Crippen molar-refractivity contribution < 1.29 is 23.4 Å². The van der Waals surface area contributed by atoms with E-state index in [4.69, 9.17) is 14.2 Å². The average Bonchev–Trinajstić information content (AvgIpc) is 3.21. The summed E-state index contributed by atoms with van der Waals surface area (Å²) in [6.07, 6.45) is 4.30. The third-order valence-corrected chi connectivity index (χ3v) is 5.36. The largest absolute Gasteiger partial charge is 0.475 e. The lowest BCUT2D eigenvalue weighted by Crippen LogP contribution is -2.47. The molecule has 0 radical (unpaired) electrons. The van der Waals surface area contributed by atoms with Crippen LogP contribution >= 0.6 is 0 Å². The van der Waals surface area contributed by atoms with Crippen molar-refractivity contribution >= 4 is 17.6 Å². The number of nitrogens with zero attached hydrogens (tertiary/aromatic N) is 5. The van der Waals surface area contributed by atoms with Gasteiger partial charge in [0.05, 0.1) is 12.8 Å². The highest BCUT2D eigenvalue weighted by Crippen LogP contribution is 2.25. The van der Waals surface area contributed by atoms with E-state index in [1.165, 1.54) is 12.3 Å². The van der Waals surface area contributed by atoms with E-state index in [9.17, 15) is 9.18 Å². The van der Waals surface area contributed by atoms with Gasteiger partial charge in [-0.25, -0.2) is 19.2 Å². The Morgan fingerprint density at radius 2 is 2.09 bits per heavy atom. The molecule has 4 rings (SSSR count). The summed E-state index contributed by atoms with van der Waals surface area (Å²) < 4.78 is 31.9. The molecule has 1 aliphatic heterocycles. The SMILES string of the molecule is COCCOc1cc(N[C@@H]2CCCN(C(=O)OC(C)(C)C)C2)nc(-c2cnc3ccc(F)cn23)n1. The first kappa shape index (κ1) is 24.6. The summed E-state index contributed by atoms with van der Waals surface area (Å²) in [5, 5.41) is 3.41. The highest BCUT2D eigenvalue weighted by Gasteiger charge is 2.28. The average molecular weight is 487 g/mol. The van der Waals surface area contributed by atoms with Crippen LogP contribution in [-0.2, 0) is 9.47 Å². The van der Waals surface area contributed by atoms with Crippen molar-refractivity contribution in [1.82, 2.24) is 24.3 Å². The summed E-state index contributed by atoms with van der Waals surface area (Å²) in [6.45, 7) is 7.38. The Morgan fingerprint density at radius 1 is 1.26 bits per heavy atom. The van der Waals surface area contributed by atoms with Crippen molar-refractivity contribution in [2.24, 2.45) is 0 Å². The van der Waals surface area contributed by atoms with Crippen molar-refractivity contribution in [3.8, 4) is 17.4 Å². The second-order valence-corrected chi connectivity index (χ2v) is 9.39. The highest BCUT2D eigenvalue weighted by molar-refractivity contribution is 5.68. The van der Waals surface area contributed by atoms with Crippen molar-refractivity contribution in [3.63, 3.8) is 0 Å². The predicted octanol–water partition coefficient (Wildman–Crippen LogP) is 3.77. The number of imidazole rings is 1. The number of nitrogens with one attached hydrogen (secondary N) is 1. The van der Waals surface area contributed by atoms with Gasteiger partial charge in [0, 0.05) is 38.5 Å². The maximum absolute atomic E-state index is 13.9. The molecule has 0 saturated carbocycles. The molecule has 1 aliphatic rings. The maximum Gasteiger partial charge on any atom is 0.410 e. The number of likely N-dealkylation sites (tertiary alicyclic amines) is 1. The first-order valence-corrected chi connectivity index (χ1v) is 11.6. The number of hydrogen-bond donors (Lipinski definition) is 1. The Hall–Kier alpha value is -3.47. The quantitative estimate of drug-likeness (QED) is 0.504. The number of fused-ring (bicyclic) bond motifs is 1. The molecule has 0 bridgehead atoms. The molecule has 4 heterocycles. The van der Waals surface area contributed by atoms with E-state index in [2.05, 4.69) is 20.3 Å². The summed E-state index contributed by atoms with van der Waals surface area (Å²) in [6, 6.07) is 4.61. The minimum absolute atomic E-state index is 0.0366. The number of carbonyl (C=O) groups excluding carboxylic acids is 1. The monoisotopic (exact) mass is 486 g/mol. The first-order chi connectivity index (χ1) is 16.7. The molecule has 1 N–H and O–H groups in total. The summed E-state index contributed by atoms with van der Waals surface area (Å²) in [5.74, 6) is 0.817. The fourth-order valence-corrected chi connectivity index (χ4v) is 3.83. The topological polar surface area (TPSA) is 103 Å². The van der Waals surface area contributed by atoms with Gasteiger partial charge in [-0.05, 0) is 45.7 Å². The van der Waals surface area contributed by atoms with Gasteiger partial charge in [-0.2, -0.15) is 4.98 Å². The van der Waals surface area contributed by atoms with E-state index < -0.39 is 11.4 Å². The van der Waals surface area contributed by atoms with E-state index in [0.29, 0.717) is 55.2 Å². The number of halogens is 1. The molecule has 0 unspecified atom stereocenters. The number of pyridine rings is 1. The molecule has 188 valence electrons. The van der Waals surface area contributed by atoms with Gasteiger partial charge in [0.15, 0.2) is 5.82 Å². The number of piperidine rings is 1. The Morgan fingerprint density at radius 3 is 2.86 bits per heavy atom. The van der Waals surface area contributed by atoms with Gasteiger partial charge in [-0.3, -0.25) is 4.40 Å². The van der Waals surface area contributed by atoms with Gasteiger partial charge in [0.2, 0.25) is 5.88 Å². The molecule has 0 aromatic carbocycles. The van der Waals surface area contributed by atoms with Gasteiger partial charge < -0.3 is 24.4 Å². The zero-order chi connectivity index (χ0) is 25.0. The Kier molecular flexibility index (Phi) is 7.34. The molecule has 3 aromatic rings. The lowest BCUT2D eigenvalue weighted by atomic mass is 10.1. The van der Waals surface area contributed by atoms with E-state index in [-0.39, 0.29) is 12.1 Å². The van der Waals surface area contributed by atoms with E-state index in [1.807, 2.05) is 20.8 Å². The summed E-state index contributed by atoms with van der Waals surface area (Å²) in [7, 11) is 1.59. The van der Waals surface area contributed by atoms with Crippen LogP contribution in [-0.4, -0.2) is 75.4 Å². The van der Waals surface area contributed by atoms with Crippen molar-refractivity contribution in [3.05, 3.63) is 36.4 Å². The summed E-state index contributed by atoms with van der Waals surface area (Å²) in [4.78, 5) is 27.7. The minimum atomic E-state index is -0.555. The molecule has 0 aliphatic carbocycles. The number of methoxy groups -OCH3 is 1. The van der Waals surface area contributed by atoms with Crippen molar-refractivity contribution in [2.75, 3.05) is 38.7 Å². The van der Waals surface area contributed by atoms with Crippen molar-refractivity contribution in [2.45, 2.75) is 45.3 Å². The van der Waals surface area contributed by atoms with Gasteiger partial charge in [0.25, 0.3) is 0 Å². The Balaban J connectivity index is 1.58. The first-order valence-electron chi connectivity index (χ1n) is 11.6. The van der Waals surface area contributed by atoms with E-state index in [1.54, 1.807) is 34.7 Å². The molecule has 1 saturated heterocycles. The second-order valence-electron chi connectivity index (χ2n) is 9.39. The number of anilines is 1. The standard InChI is InChI=1S/C24H31FN6O4/c1-24(2,3)35-23(32)30-9-5-6-17(15-30)27-19-12-21(34-11-10-33-4)29-22(28-19)18-13-26-20-8-7-16(25)14-31(18)20/h7-8,12-14,17H,5-6,9-11,15H2,1-4H3,(H,27,28,29)/t17-/m1/s1. The molecule has 1 atom stereocenters. The van der Waals surface area contributed by atoms with Crippen LogP contribution in [0.4, 0.5) is 15.0 Å². The van der Waals surface area contributed by atoms with Crippen LogP contribution in [0, 0.1) is 5.82 Å². The number of aromatic nitrogens is 4. The molecule has 1 amide bonds. The second kappa shape index (κ2) is 10.4. The zero-order valence-corrected chi connectivity index (χ0v) is 20.5. The lowest BCUT2D eigenvalue weighted by Gasteiger charge is -2.34. The Labute approximate surface area is 203 Å². The third-order valence-electron chi connectivity index (χ3n) is 5.36. The third kappa shape index (κ3) is 6.36. The van der Waals surface area contributed by atoms with Crippen LogP contribution in [0.15, 0.2) is 30.6 Å². The van der Waals surface area contributed by atoms with Gasteiger partial charge in [-0.1, -0.05) is 0 Å². The molecular weight excluding hydrogens is 455 g/mol. The number of carbonyl (C=O) groups is 1. The van der Waals surface area contributed by atoms with Gasteiger partial charge >= 0.3 is 6.09 Å². The fourth-order valence-electron chi connectivity index (χ4n) is 3.83. The van der Waals surface area contributed by atoms with E-state index in [0.717, 1.165) is 12.8 Å². The Bertz CT molecular complexity index is 1180. The normalized spacial score (nSPS) is 16.4. The lowest BCUT2D eigenvalue weighted by molar-refractivity contribution is 0.0206. The van der Waals surface area contributed by atoms with E-state index >= 15 is 0 Å². The molecule has 35 heavy (non-hydrogen) atoms. The van der Waals surface area contributed by atoms with Crippen LogP contribution < -0.4 is 10.1 Å². The molecule has 10 nitrogen and oxygen atoms in total. The van der Waals surface area contributed by atoms with Crippen LogP contribution in [0.1, 0.15) is 33.6 Å². The smallest absolute Gasteiger partial charge is 0.410 e. The maximum atomic E-state index is 13.9. The highest BCUT2D eigenvalue weighted by atomic mass is 19.1. The van der Waals surface area contributed by atoms with Gasteiger partial charge in [-0.15, -0.1) is 0 Å². The molecule has 3 aromatic heterocycles. The van der Waals surface area contributed by atoms with Crippen LogP contribution in [0.25, 0.3) is 17.2 Å². The molecule has 0 spiro atoms. The molecule has 1 fully saturated rings. The van der Waals surface area contributed by atoms with Crippen molar-refractivity contribution in [1.29, 1.82) is 0 Å². The fraction of sp³-hybridized carbons (Fsp3) is 0.500. The number of ether oxygens (including phenoxy) is 3. The zero-order valence-electron chi connectivity index (χ0n) is 20.5. The van der Waals surface area contributed by atoms with Crippen LogP contribution in [0.5, 0.6) is 5.88 Å². The summed E-state index contributed by atoms with van der Waals surface area (Å²) >= 11 is 0. The number of rotatable bonds is 7. The van der Waals surface area contributed by atoms with Crippen LogP contribution in [0.3, 0.4) is 0 Å².